The molecule has 11 heteroatoms. The van der Waals surface area contributed by atoms with Gasteiger partial charge in [-0.15, -0.1) is 0 Å². The highest BCUT2D eigenvalue weighted by atomic mass is 35.5. The van der Waals surface area contributed by atoms with Gasteiger partial charge in [0.15, 0.2) is 5.13 Å². The third-order valence-electron chi connectivity index (χ3n) is 4.91. The van der Waals surface area contributed by atoms with Gasteiger partial charge >= 0.3 is 5.97 Å². The third kappa shape index (κ3) is 4.51. The van der Waals surface area contributed by atoms with Crippen LogP contribution < -0.4 is 4.90 Å². The first-order valence-electron chi connectivity index (χ1n) is 9.57. The molecule has 0 atom stereocenters. The van der Waals surface area contributed by atoms with Crippen LogP contribution in [0, 0.1) is 0 Å². The van der Waals surface area contributed by atoms with Gasteiger partial charge in [0.2, 0.25) is 10.0 Å². The normalized spacial score (nSPS) is 15.4. The molecule has 2 heterocycles. The van der Waals surface area contributed by atoms with E-state index in [1.54, 1.807) is 25.1 Å². The Morgan fingerprint density at radius 2 is 1.87 bits per heavy atom. The van der Waals surface area contributed by atoms with Crippen LogP contribution in [-0.4, -0.2) is 56.5 Å². The van der Waals surface area contributed by atoms with Gasteiger partial charge in [-0.1, -0.05) is 34.5 Å². The molecule has 31 heavy (non-hydrogen) atoms. The molecule has 1 aliphatic rings. The molecule has 2 aromatic carbocycles. The number of hydrogen-bond donors (Lipinski definition) is 0. The zero-order valence-corrected chi connectivity index (χ0v) is 19.7. The monoisotopic (exact) mass is 499 g/mol. The van der Waals surface area contributed by atoms with Crippen LogP contribution in [0.25, 0.3) is 10.2 Å². The van der Waals surface area contributed by atoms with Crippen molar-refractivity contribution in [2.24, 2.45) is 0 Å². The number of ether oxygens (including phenoxy) is 1. The summed E-state index contributed by atoms with van der Waals surface area (Å²) in [5, 5.41) is 1.28. The molecule has 0 N–H and O–H groups in total. The maximum absolute atomic E-state index is 13.0. The molecular formula is C20H19Cl2N3O4S2. The predicted octanol–water partition coefficient (Wildman–Crippen LogP) is 4.29. The molecule has 164 valence electrons. The minimum Gasteiger partial charge on any atom is -0.462 e. The highest BCUT2D eigenvalue weighted by molar-refractivity contribution is 7.89. The van der Waals surface area contributed by atoms with Crippen LogP contribution in [0.2, 0.25) is 10.0 Å². The Kier molecular flexibility index (Phi) is 6.41. The number of nitrogens with zero attached hydrogens (tertiary/aromatic N) is 3. The number of anilines is 1. The molecule has 1 aliphatic heterocycles. The molecule has 0 unspecified atom stereocenters. The molecule has 7 nitrogen and oxygen atoms in total. The molecule has 0 amide bonds. The van der Waals surface area contributed by atoms with Gasteiger partial charge in [-0.3, -0.25) is 0 Å². The molecule has 0 radical (unpaired) electrons. The van der Waals surface area contributed by atoms with E-state index in [0.717, 1.165) is 15.3 Å². The van der Waals surface area contributed by atoms with E-state index in [1.807, 2.05) is 4.90 Å². The number of hydrogen-bond acceptors (Lipinski definition) is 7. The summed E-state index contributed by atoms with van der Waals surface area (Å²) in [6.45, 7) is 3.70. The molecule has 1 fully saturated rings. The summed E-state index contributed by atoms with van der Waals surface area (Å²) in [6, 6.07) is 9.65. The molecule has 1 saturated heterocycles. The van der Waals surface area contributed by atoms with Crippen LogP contribution in [0.4, 0.5) is 5.13 Å². The number of aromatic nitrogens is 1. The molecule has 3 aromatic rings. The lowest BCUT2D eigenvalue weighted by Crippen LogP contribution is -2.48. The molecule has 0 spiro atoms. The molecule has 0 bridgehead atoms. The number of carbonyl (C=O) groups is 1. The van der Waals surface area contributed by atoms with Crippen LogP contribution in [0.15, 0.2) is 41.3 Å². The van der Waals surface area contributed by atoms with Crippen LogP contribution in [0.3, 0.4) is 0 Å². The van der Waals surface area contributed by atoms with Gasteiger partial charge in [0, 0.05) is 31.2 Å². The van der Waals surface area contributed by atoms with Crippen molar-refractivity contribution in [1.29, 1.82) is 0 Å². The Hall–Kier alpha value is -1.91. The van der Waals surface area contributed by atoms with Gasteiger partial charge in [0.05, 0.1) is 27.4 Å². The van der Waals surface area contributed by atoms with Crippen LogP contribution in [0.1, 0.15) is 17.3 Å². The summed E-state index contributed by atoms with van der Waals surface area (Å²) >= 11 is 13.5. The summed E-state index contributed by atoms with van der Waals surface area (Å²) in [4.78, 5) is 18.7. The average Bonchev–Trinajstić information content (AvgIpc) is 3.17. The first kappa shape index (κ1) is 22.3. The van der Waals surface area contributed by atoms with Gasteiger partial charge in [-0.05, 0) is 43.3 Å². The number of carbonyl (C=O) groups excluding carboxylic acids is 1. The van der Waals surface area contributed by atoms with Gasteiger partial charge in [-0.2, -0.15) is 4.31 Å². The highest BCUT2D eigenvalue weighted by Crippen LogP contribution is 2.32. The van der Waals surface area contributed by atoms with E-state index in [9.17, 15) is 13.2 Å². The Morgan fingerprint density at radius 3 is 2.55 bits per heavy atom. The lowest BCUT2D eigenvalue weighted by molar-refractivity contribution is 0.0526. The average molecular weight is 500 g/mol. The van der Waals surface area contributed by atoms with Gasteiger partial charge in [-0.25, -0.2) is 18.2 Å². The van der Waals surface area contributed by atoms with Crippen molar-refractivity contribution >= 4 is 65.9 Å². The number of halogens is 2. The fourth-order valence-electron chi connectivity index (χ4n) is 3.33. The van der Waals surface area contributed by atoms with Crippen molar-refractivity contribution < 1.29 is 17.9 Å². The Bertz CT molecular complexity index is 1240. The maximum Gasteiger partial charge on any atom is 0.338 e. The van der Waals surface area contributed by atoms with Crippen molar-refractivity contribution in [2.45, 2.75) is 11.8 Å². The van der Waals surface area contributed by atoms with E-state index >= 15 is 0 Å². The zero-order valence-electron chi connectivity index (χ0n) is 16.5. The van der Waals surface area contributed by atoms with Crippen molar-refractivity contribution in [1.82, 2.24) is 9.29 Å². The molecule has 4 rings (SSSR count). The first-order valence-corrected chi connectivity index (χ1v) is 12.6. The summed E-state index contributed by atoms with van der Waals surface area (Å²) in [6.07, 6.45) is 0. The van der Waals surface area contributed by atoms with Gasteiger partial charge < -0.3 is 9.64 Å². The summed E-state index contributed by atoms with van der Waals surface area (Å²) in [7, 11) is -3.71. The largest absolute Gasteiger partial charge is 0.462 e. The first-order chi connectivity index (χ1) is 14.8. The number of fused-ring (bicyclic) bond motifs is 1. The minimum absolute atomic E-state index is 0.0542. The second-order valence-corrected chi connectivity index (χ2v) is 10.6. The number of rotatable bonds is 5. The molecule has 0 aliphatic carbocycles. The lowest BCUT2D eigenvalue weighted by atomic mass is 10.2. The SMILES string of the molecule is CCOC(=O)c1ccc2nc(N3CCN(S(=O)(=O)c4ccc(Cl)cc4Cl)CC3)sc2c1. The fourth-order valence-corrected chi connectivity index (χ4v) is 6.56. The van der Waals surface area contributed by atoms with E-state index < -0.39 is 10.0 Å². The minimum atomic E-state index is -3.71. The van der Waals surface area contributed by atoms with Crippen molar-refractivity contribution in [3.63, 3.8) is 0 Å². The smallest absolute Gasteiger partial charge is 0.338 e. The van der Waals surface area contributed by atoms with Crippen molar-refractivity contribution in [3.8, 4) is 0 Å². The van der Waals surface area contributed by atoms with Crippen molar-refractivity contribution in [2.75, 3.05) is 37.7 Å². The van der Waals surface area contributed by atoms with E-state index in [1.165, 1.54) is 33.8 Å². The quantitative estimate of drug-likeness (QED) is 0.487. The third-order valence-corrected chi connectivity index (χ3v) is 8.60. The van der Waals surface area contributed by atoms with E-state index in [4.69, 9.17) is 27.9 Å². The molecule has 1 aromatic heterocycles. The number of sulfonamides is 1. The van der Waals surface area contributed by atoms with E-state index in [2.05, 4.69) is 4.98 Å². The molecule has 0 saturated carbocycles. The highest BCUT2D eigenvalue weighted by Gasteiger charge is 2.31. The van der Waals surface area contributed by atoms with E-state index in [0.29, 0.717) is 43.4 Å². The Morgan fingerprint density at radius 1 is 1.13 bits per heavy atom. The summed E-state index contributed by atoms with van der Waals surface area (Å²) in [5.41, 5.74) is 1.27. The predicted molar refractivity (Wildman–Crippen MR) is 123 cm³/mol. The fraction of sp³-hybridized carbons (Fsp3) is 0.300. The maximum atomic E-state index is 13.0. The number of thiazole rings is 1. The number of benzene rings is 2. The Balaban J connectivity index is 1.49. The number of piperazine rings is 1. The molecular weight excluding hydrogens is 481 g/mol. The van der Waals surface area contributed by atoms with Crippen LogP contribution >= 0.6 is 34.5 Å². The van der Waals surface area contributed by atoms with Crippen LogP contribution in [0.5, 0.6) is 0 Å². The topological polar surface area (TPSA) is 79.8 Å². The van der Waals surface area contributed by atoms with Gasteiger partial charge in [0.1, 0.15) is 4.90 Å². The zero-order chi connectivity index (χ0) is 22.2. The second-order valence-electron chi connectivity index (χ2n) is 6.87. The lowest BCUT2D eigenvalue weighted by Gasteiger charge is -2.33. The second kappa shape index (κ2) is 8.91. The summed E-state index contributed by atoms with van der Waals surface area (Å²) < 4.78 is 33.3. The van der Waals surface area contributed by atoms with Gasteiger partial charge in [0.25, 0.3) is 0 Å². The summed E-state index contributed by atoms with van der Waals surface area (Å²) in [5.74, 6) is -0.362. The van der Waals surface area contributed by atoms with Crippen LogP contribution in [-0.2, 0) is 14.8 Å². The Labute approximate surface area is 194 Å². The standard InChI is InChI=1S/C20H19Cl2N3O4S2/c1-2-29-19(26)13-3-5-16-17(11-13)30-20(23-16)24-7-9-25(10-8-24)31(27,28)18-6-4-14(21)12-15(18)22/h3-6,11-12H,2,7-10H2,1H3. The van der Waals surface area contributed by atoms with Crippen molar-refractivity contribution in [3.05, 3.63) is 52.0 Å². The van der Waals surface area contributed by atoms with E-state index in [-0.39, 0.29) is 15.9 Å². The number of esters is 1.